The van der Waals surface area contributed by atoms with Crippen LogP contribution in [0.15, 0.2) is 108 Å². The second-order valence-corrected chi connectivity index (χ2v) is 12.7. The number of carbonyl (C=O) groups excluding carboxylic acids is 2. The van der Waals surface area contributed by atoms with E-state index in [1.165, 1.54) is 29.2 Å². The molecule has 0 saturated heterocycles. The van der Waals surface area contributed by atoms with Gasteiger partial charge in [0.1, 0.15) is 18.4 Å². The Hall–Kier alpha value is -3.92. The first kappa shape index (κ1) is 33.0. The molecular weight excluding hydrogens is 624 g/mol. The molecule has 230 valence electrons. The molecule has 0 aromatic heterocycles. The second kappa shape index (κ2) is 15.2. The third-order valence-electron chi connectivity index (χ3n) is 6.94. The highest BCUT2D eigenvalue weighted by atomic mass is 35.5. The number of anilines is 1. The van der Waals surface area contributed by atoms with Crippen molar-refractivity contribution in [3.8, 4) is 0 Å². The molecule has 1 atom stereocenters. The Morgan fingerprint density at radius 3 is 2.02 bits per heavy atom. The van der Waals surface area contributed by atoms with Crippen molar-refractivity contribution in [2.45, 2.75) is 37.2 Å². The van der Waals surface area contributed by atoms with Crippen molar-refractivity contribution in [3.05, 3.63) is 130 Å². The Morgan fingerprint density at radius 1 is 0.841 bits per heavy atom. The lowest BCUT2D eigenvalue weighted by Crippen LogP contribution is -2.53. The van der Waals surface area contributed by atoms with Crippen molar-refractivity contribution in [2.75, 3.05) is 17.4 Å². The number of hydrogen-bond acceptors (Lipinski definition) is 4. The van der Waals surface area contributed by atoms with Crippen LogP contribution in [-0.2, 0) is 32.6 Å². The minimum Gasteiger partial charge on any atom is -0.354 e. The van der Waals surface area contributed by atoms with Gasteiger partial charge < -0.3 is 10.2 Å². The normalized spacial score (nSPS) is 11.9. The molecule has 0 radical (unpaired) electrons. The summed E-state index contributed by atoms with van der Waals surface area (Å²) in [7, 11) is -4.29. The van der Waals surface area contributed by atoms with E-state index in [-0.39, 0.29) is 33.6 Å². The molecule has 0 aliphatic rings. The Kier molecular flexibility index (Phi) is 11.4. The van der Waals surface area contributed by atoms with Crippen molar-refractivity contribution in [3.63, 3.8) is 0 Å². The molecule has 0 aliphatic carbocycles. The standard InChI is InChI=1S/C33H32Cl2FN3O4S/c1-2-20-37-33(41)31(21-24-10-5-3-6-11-24)38(22-28-29(34)14-9-15-30(28)35)32(40)23-39(26-18-16-25(36)17-19-26)44(42,43)27-12-7-4-8-13-27/h3-19,31H,2,20-23H2,1H3,(H,37,41). The Bertz CT molecular complexity index is 1650. The van der Waals surface area contributed by atoms with Crippen LogP contribution in [0.5, 0.6) is 0 Å². The van der Waals surface area contributed by atoms with Gasteiger partial charge in [-0.05, 0) is 60.5 Å². The summed E-state index contributed by atoms with van der Waals surface area (Å²) >= 11 is 13.0. The zero-order chi connectivity index (χ0) is 31.7. The maximum atomic E-state index is 14.4. The third kappa shape index (κ3) is 8.16. The number of nitrogens with one attached hydrogen (secondary N) is 1. The van der Waals surface area contributed by atoms with Gasteiger partial charge in [0, 0.05) is 35.1 Å². The van der Waals surface area contributed by atoms with E-state index in [4.69, 9.17) is 23.2 Å². The molecule has 11 heteroatoms. The smallest absolute Gasteiger partial charge is 0.264 e. The Labute approximate surface area is 267 Å². The van der Waals surface area contributed by atoms with E-state index in [0.29, 0.717) is 18.5 Å². The van der Waals surface area contributed by atoms with Gasteiger partial charge in [0.2, 0.25) is 11.8 Å². The van der Waals surface area contributed by atoms with E-state index in [1.54, 1.807) is 36.4 Å². The monoisotopic (exact) mass is 655 g/mol. The molecule has 0 bridgehead atoms. The molecule has 4 aromatic rings. The largest absolute Gasteiger partial charge is 0.354 e. The predicted molar refractivity (Wildman–Crippen MR) is 172 cm³/mol. The molecule has 0 fully saturated rings. The van der Waals surface area contributed by atoms with E-state index in [2.05, 4.69) is 5.32 Å². The average Bonchev–Trinajstić information content (AvgIpc) is 3.03. The van der Waals surface area contributed by atoms with Crippen LogP contribution in [0.3, 0.4) is 0 Å². The molecule has 4 rings (SSSR count). The van der Waals surface area contributed by atoms with Gasteiger partial charge in [-0.25, -0.2) is 12.8 Å². The van der Waals surface area contributed by atoms with E-state index < -0.39 is 40.2 Å². The lowest BCUT2D eigenvalue weighted by Gasteiger charge is -2.34. The summed E-state index contributed by atoms with van der Waals surface area (Å²) in [6.45, 7) is 1.44. The van der Waals surface area contributed by atoms with Crippen LogP contribution in [0.4, 0.5) is 10.1 Å². The summed E-state index contributed by atoms with van der Waals surface area (Å²) in [4.78, 5) is 29.3. The molecule has 4 aromatic carbocycles. The lowest BCUT2D eigenvalue weighted by molar-refractivity contribution is -0.140. The van der Waals surface area contributed by atoms with E-state index in [1.807, 2.05) is 37.3 Å². The maximum Gasteiger partial charge on any atom is 0.264 e. The minimum absolute atomic E-state index is 0.0562. The molecule has 1 unspecified atom stereocenters. The first-order chi connectivity index (χ1) is 21.1. The van der Waals surface area contributed by atoms with Gasteiger partial charge in [-0.3, -0.25) is 13.9 Å². The number of amides is 2. The quantitative estimate of drug-likeness (QED) is 0.178. The van der Waals surface area contributed by atoms with E-state index in [0.717, 1.165) is 22.0 Å². The fourth-order valence-corrected chi connectivity index (χ4v) is 6.58. The summed E-state index contributed by atoms with van der Waals surface area (Å²) < 4.78 is 42.6. The van der Waals surface area contributed by atoms with Crippen molar-refractivity contribution < 1.29 is 22.4 Å². The van der Waals surface area contributed by atoms with Gasteiger partial charge in [-0.2, -0.15) is 0 Å². The van der Waals surface area contributed by atoms with E-state index in [9.17, 15) is 22.4 Å². The van der Waals surface area contributed by atoms with Gasteiger partial charge >= 0.3 is 0 Å². The highest BCUT2D eigenvalue weighted by Crippen LogP contribution is 2.29. The number of rotatable bonds is 13. The van der Waals surface area contributed by atoms with Gasteiger partial charge in [-0.15, -0.1) is 0 Å². The van der Waals surface area contributed by atoms with Gasteiger partial charge in [0.05, 0.1) is 10.6 Å². The number of sulfonamides is 1. The van der Waals surface area contributed by atoms with Crippen molar-refractivity contribution in [1.29, 1.82) is 0 Å². The fourth-order valence-electron chi connectivity index (χ4n) is 4.63. The number of halogens is 3. The first-order valence-electron chi connectivity index (χ1n) is 14.0. The number of carbonyl (C=O) groups is 2. The van der Waals surface area contributed by atoms with Crippen LogP contribution in [0.1, 0.15) is 24.5 Å². The van der Waals surface area contributed by atoms with Gasteiger partial charge in [0.25, 0.3) is 10.0 Å². The van der Waals surface area contributed by atoms with Gasteiger partial charge in [0.15, 0.2) is 0 Å². The highest BCUT2D eigenvalue weighted by molar-refractivity contribution is 7.92. The van der Waals surface area contributed by atoms with Crippen LogP contribution in [-0.4, -0.2) is 44.3 Å². The number of hydrogen-bond donors (Lipinski definition) is 1. The molecule has 0 heterocycles. The fraction of sp³-hybridized carbons (Fsp3) is 0.212. The average molecular weight is 657 g/mol. The zero-order valence-electron chi connectivity index (χ0n) is 24.0. The topological polar surface area (TPSA) is 86.8 Å². The molecular formula is C33H32Cl2FN3O4S. The molecule has 0 spiro atoms. The van der Waals surface area contributed by atoms with Crippen LogP contribution in [0.2, 0.25) is 10.0 Å². The van der Waals surface area contributed by atoms with Crippen LogP contribution >= 0.6 is 23.2 Å². The molecule has 44 heavy (non-hydrogen) atoms. The van der Waals surface area contributed by atoms with Crippen molar-refractivity contribution in [1.82, 2.24) is 10.2 Å². The maximum absolute atomic E-state index is 14.4. The van der Waals surface area contributed by atoms with Crippen LogP contribution in [0.25, 0.3) is 0 Å². The van der Waals surface area contributed by atoms with Crippen LogP contribution in [0, 0.1) is 5.82 Å². The second-order valence-electron chi connectivity index (χ2n) is 10.0. The SMILES string of the molecule is CCCNC(=O)C(Cc1ccccc1)N(Cc1c(Cl)cccc1Cl)C(=O)CN(c1ccc(F)cc1)S(=O)(=O)c1ccccc1. The summed E-state index contributed by atoms with van der Waals surface area (Å²) in [6, 6.07) is 25.5. The number of nitrogens with zero attached hydrogens (tertiary/aromatic N) is 2. The zero-order valence-corrected chi connectivity index (χ0v) is 26.3. The Morgan fingerprint density at radius 2 is 1.43 bits per heavy atom. The van der Waals surface area contributed by atoms with Crippen molar-refractivity contribution >= 4 is 50.7 Å². The lowest BCUT2D eigenvalue weighted by atomic mass is 10.0. The van der Waals surface area contributed by atoms with Gasteiger partial charge in [-0.1, -0.05) is 84.7 Å². The third-order valence-corrected chi connectivity index (χ3v) is 9.43. The van der Waals surface area contributed by atoms with Crippen molar-refractivity contribution in [2.24, 2.45) is 0 Å². The molecule has 0 saturated carbocycles. The summed E-state index contributed by atoms with van der Waals surface area (Å²) in [5.74, 6) is -1.66. The molecule has 1 N–H and O–H groups in total. The molecule has 0 aliphatic heterocycles. The minimum atomic E-state index is -4.29. The summed E-state index contributed by atoms with van der Waals surface area (Å²) in [5.41, 5.74) is 1.28. The van der Waals surface area contributed by atoms with E-state index >= 15 is 0 Å². The molecule has 7 nitrogen and oxygen atoms in total. The highest BCUT2D eigenvalue weighted by Gasteiger charge is 2.35. The first-order valence-corrected chi connectivity index (χ1v) is 16.2. The van der Waals surface area contributed by atoms with Crippen LogP contribution < -0.4 is 9.62 Å². The predicted octanol–water partition coefficient (Wildman–Crippen LogP) is 6.49. The molecule has 2 amide bonds. The summed E-state index contributed by atoms with van der Waals surface area (Å²) in [6.07, 6.45) is 0.813. The Balaban J connectivity index is 1.82. The summed E-state index contributed by atoms with van der Waals surface area (Å²) in [5, 5.41) is 3.45. The number of benzene rings is 4.